The Hall–Kier alpha value is -1.03. The SMILES string of the molecule is CCc1nn(C)cc1NC1CCCC(OC)C1. The lowest BCUT2D eigenvalue weighted by Crippen LogP contribution is -2.31. The van der Waals surface area contributed by atoms with Gasteiger partial charge < -0.3 is 10.1 Å². The third-order valence-electron chi connectivity index (χ3n) is 3.56. The highest BCUT2D eigenvalue weighted by atomic mass is 16.5. The second-order valence-electron chi connectivity index (χ2n) is 4.88. The van der Waals surface area contributed by atoms with Crippen molar-refractivity contribution >= 4 is 5.69 Å². The number of ether oxygens (including phenoxy) is 1. The molecule has 1 saturated carbocycles. The van der Waals surface area contributed by atoms with Crippen LogP contribution in [0.3, 0.4) is 0 Å². The van der Waals surface area contributed by atoms with Crippen molar-refractivity contribution in [1.82, 2.24) is 9.78 Å². The molecule has 0 amide bonds. The standard InChI is InChI=1S/C13H23N3O/c1-4-12-13(9-16(2)15-12)14-10-6-5-7-11(8-10)17-3/h9-11,14H,4-8H2,1-3H3. The van der Waals surface area contributed by atoms with Crippen molar-refractivity contribution in [2.45, 2.75) is 51.2 Å². The van der Waals surface area contributed by atoms with E-state index >= 15 is 0 Å². The summed E-state index contributed by atoms with van der Waals surface area (Å²) in [6.07, 6.45) is 8.26. The van der Waals surface area contributed by atoms with Gasteiger partial charge in [-0.25, -0.2) is 0 Å². The van der Waals surface area contributed by atoms with E-state index in [1.165, 1.54) is 24.9 Å². The fraction of sp³-hybridized carbons (Fsp3) is 0.769. The van der Waals surface area contributed by atoms with Gasteiger partial charge in [-0.1, -0.05) is 6.92 Å². The summed E-state index contributed by atoms with van der Waals surface area (Å²) in [5.74, 6) is 0. The Morgan fingerprint density at radius 3 is 3.06 bits per heavy atom. The fourth-order valence-electron chi connectivity index (χ4n) is 2.63. The minimum atomic E-state index is 0.419. The zero-order valence-corrected chi connectivity index (χ0v) is 11.1. The molecule has 4 nitrogen and oxygen atoms in total. The van der Waals surface area contributed by atoms with E-state index < -0.39 is 0 Å². The van der Waals surface area contributed by atoms with Crippen LogP contribution in [0.25, 0.3) is 0 Å². The molecule has 0 spiro atoms. The van der Waals surface area contributed by atoms with E-state index in [0.717, 1.165) is 18.5 Å². The van der Waals surface area contributed by atoms with Crippen molar-refractivity contribution < 1.29 is 4.74 Å². The van der Waals surface area contributed by atoms with Crippen LogP contribution >= 0.6 is 0 Å². The summed E-state index contributed by atoms with van der Waals surface area (Å²) in [6, 6.07) is 0.531. The van der Waals surface area contributed by atoms with Gasteiger partial charge in [0.25, 0.3) is 0 Å². The van der Waals surface area contributed by atoms with Gasteiger partial charge >= 0.3 is 0 Å². The van der Waals surface area contributed by atoms with Crippen LogP contribution in [0.1, 0.15) is 38.3 Å². The zero-order valence-electron chi connectivity index (χ0n) is 11.1. The highest BCUT2D eigenvalue weighted by Gasteiger charge is 2.22. The smallest absolute Gasteiger partial charge is 0.0853 e. The minimum absolute atomic E-state index is 0.419. The number of methoxy groups -OCH3 is 1. The molecule has 4 heteroatoms. The number of aryl methyl sites for hydroxylation is 2. The molecule has 17 heavy (non-hydrogen) atoms. The van der Waals surface area contributed by atoms with E-state index in [2.05, 4.69) is 23.5 Å². The maximum absolute atomic E-state index is 5.46. The number of anilines is 1. The molecule has 1 aliphatic rings. The van der Waals surface area contributed by atoms with Gasteiger partial charge in [-0.05, 0) is 32.1 Å². The highest BCUT2D eigenvalue weighted by Crippen LogP contribution is 2.25. The number of hydrogen-bond donors (Lipinski definition) is 1. The van der Waals surface area contributed by atoms with E-state index in [-0.39, 0.29) is 0 Å². The van der Waals surface area contributed by atoms with E-state index in [0.29, 0.717) is 12.1 Å². The average molecular weight is 237 g/mol. The van der Waals surface area contributed by atoms with Crippen LogP contribution in [0.15, 0.2) is 6.20 Å². The lowest BCUT2D eigenvalue weighted by molar-refractivity contribution is 0.0669. The largest absolute Gasteiger partial charge is 0.381 e. The molecule has 2 unspecified atom stereocenters. The van der Waals surface area contributed by atoms with Gasteiger partial charge in [0.05, 0.1) is 17.5 Å². The Labute approximate surface area is 103 Å². The normalized spacial score (nSPS) is 24.9. The lowest BCUT2D eigenvalue weighted by Gasteiger charge is -2.29. The van der Waals surface area contributed by atoms with E-state index in [1.54, 1.807) is 0 Å². The maximum Gasteiger partial charge on any atom is 0.0853 e. The summed E-state index contributed by atoms with van der Waals surface area (Å²) < 4.78 is 7.35. The molecule has 2 rings (SSSR count). The molecule has 0 radical (unpaired) electrons. The van der Waals surface area contributed by atoms with Gasteiger partial charge in [0, 0.05) is 26.4 Å². The van der Waals surface area contributed by atoms with Crippen molar-refractivity contribution in [3.8, 4) is 0 Å². The number of nitrogens with one attached hydrogen (secondary N) is 1. The van der Waals surface area contributed by atoms with Crippen LogP contribution < -0.4 is 5.32 Å². The predicted octanol–water partition coefficient (Wildman–Crippen LogP) is 2.35. The molecule has 1 aliphatic carbocycles. The number of hydrogen-bond acceptors (Lipinski definition) is 3. The molecule has 1 N–H and O–H groups in total. The number of nitrogens with zero attached hydrogens (tertiary/aromatic N) is 2. The first kappa shape index (κ1) is 12.4. The van der Waals surface area contributed by atoms with Crippen molar-refractivity contribution in [3.05, 3.63) is 11.9 Å². The van der Waals surface area contributed by atoms with Gasteiger partial charge in [-0.15, -0.1) is 0 Å². The molecule has 0 saturated heterocycles. The average Bonchev–Trinajstić information content (AvgIpc) is 2.69. The Bertz CT molecular complexity index is 362. The molecule has 0 bridgehead atoms. The molecular weight excluding hydrogens is 214 g/mol. The van der Waals surface area contributed by atoms with E-state index in [4.69, 9.17) is 4.74 Å². The first-order valence-electron chi connectivity index (χ1n) is 6.54. The molecule has 96 valence electrons. The first-order valence-corrected chi connectivity index (χ1v) is 6.54. The zero-order chi connectivity index (χ0) is 12.3. The second kappa shape index (κ2) is 5.54. The van der Waals surface area contributed by atoms with Crippen LogP contribution in [-0.2, 0) is 18.2 Å². The summed E-state index contributed by atoms with van der Waals surface area (Å²) in [4.78, 5) is 0. The minimum Gasteiger partial charge on any atom is -0.381 e. The Morgan fingerprint density at radius 1 is 1.53 bits per heavy atom. The molecule has 2 atom stereocenters. The first-order chi connectivity index (χ1) is 8.22. The van der Waals surface area contributed by atoms with Gasteiger partial charge in [-0.2, -0.15) is 5.10 Å². The highest BCUT2D eigenvalue weighted by molar-refractivity contribution is 5.47. The number of aromatic nitrogens is 2. The molecule has 1 aromatic heterocycles. The Kier molecular flexibility index (Phi) is 4.05. The second-order valence-corrected chi connectivity index (χ2v) is 4.88. The molecular formula is C13H23N3O. The summed E-state index contributed by atoms with van der Waals surface area (Å²) in [7, 11) is 3.79. The van der Waals surface area contributed by atoms with Crippen LogP contribution in [0, 0.1) is 0 Å². The lowest BCUT2D eigenvalue weighted by atomic mass is 9.92. The Balaban J connectivity index is 1.99. The van der Waals surface area contributed by atoms with Crippen LogP contribution in [0.2, 0.25) is 0 Å². The van der Waals surface area contributed by atoms with Gasteiger partial charge in [0.2, 0.25) is 0 Å². The van der Waals surface area contributed by atoms with Crippen LogP contribution in [0.4, 0.5) is 5.69 Å². The molecule has 0 aliphatic heterocycles. The van der Waals surface area contributed by atoms with Crippen molar-refractivity contribution in [3.63, 3.8) is 0 Å². The fourth-order valence-corrected chi connectivity index (χ4v) is 2.63. The molecule has 1 aromatic rings. The summed E-state index contributed by atoms with van der Waals surface area (Å²) >= 11 is 0. The third kappa shape index (κ3) is 3.00. The quantitative estimate of drug-likeness (QED) is 0.873. The van der Waals surface area contributed by atoms with Gasteiger partial charge in [0.15, 0.2) is 0 Å². The maximum atomic E-state index is 5.46. The van der Waals surface area contributed by atoms with Crippen molar-refractivity contribution in [2.24, 2.45) is 7.05 Å². The number of rotatable bonds is 4. The van der Waals surface area contributed by atoms with Crippen LogP contribution in [-0.4, -0.2) is 29.0 Å². The van der Waals surface area contributed by atoms with Crippen molar-refractivity contribution in [2.75, 3.05) is 12.4 Å². The molecule has 0 aromatic carbocycles. The monoisotopic (exact) mass is 237 g/mol. The van der Waals surface area contributed by atoms with E-state index in [9.17, 15) is 0 Å². The molecule has 1 fully saturated rings. The summed E-state index contributed by atoms with van der Waals surface area (Å²) in [5, 5.41) is 8.08. The van der Waals surface area contributed by atoms with Crippen molar-refractivity contribution in [1.29, 1.82) is 0 Å². The summed E-state index contributed by atoms with van der Waals surface area (Å²) in [6.45, 7) is 2.15. The van der Waals surface area contributed by atoms with Gasteiger partial charge in [-0.3, -0.25) is 4.68 Å². The summed E-state index contributed by atoms with van der Waals surface area (Å²) in [5.41, 5.74) is 2.35. The van der Waals surface area contributed by atoms with Gasteiger partial charge in [0.1, 0.15) is 0 Å². The Morgan fingerprint density at radius 2 is 2.35 bits per heavy atom. The van der Waals surface area contributed by atoms with E-state index in [1.807, 2.05) is 18.8 Å². The third-order valence-corrected chi connectivity index (χ3v) is 3.56. The topological polar surface area (TPSA) is 39.1 Å². The van der Waals surface area contributed by atoms with Crippen LogP contribution in [0.5, 0.6) is 0 Å². The molecule has 1 heterocycles. The predicted molar refractivity (Wildman–Crippen MR) is 69.3 cm³/mol.